The predicted octanol–water partition coefficient (Wildman–Crippen LogP) is 7.03. The number of hydrogen-bond acceptors (Lipinski definition) is 8. The molecule has 0 aromatic heterocycles. The van der Waals surface area contributed by atoms with Crippen LogP contribution < -0.4 is 10.1 Å². The van der Waals surface area contributed by atoms with E-state index >= 15 is 0 Å². The number of alkyl halides is 6. The Labute approximate surface area is 297 Å². The van der Waals surface area contributed by atoms with Crippen LogP contribution in [0, 0.1) is 0 Å². The lowest BCUT2D eigenvalue weighted by Crippen LogP contribution is -2.38. The molecule has 5 rings (SSSR count). The van der Waals surface area contributed by atoms with Crippen molar-refractivity contribution in [2.45, 2.75) is 18.8 Å². The van der Waals surface area contributed by atoms with Gasteiger partial charge in [-0.1, -0.05) is 30.0 Å². The Kier molecular flexibility index (Phi) is 11.7. The minimum absolute atomic E-state index is 0.0382. The maximum Gasteiger partial charge on any atom is 0.416 e. The molecular formula is C34H29F6N3O6S2. The first kappa shape index (κ1) is 37.8. The van der Waals surface area contributed by atoms with Crippen molar-refractivity contribution in [2.24, 2.45) is 0 Å². The smallest absolute Gasteiger partial charge is 0.416 e. The number of aromatic carboxylic acids is 1. The normalized spacial score (nSPS) is 16.5. The summed E-state index contributed by atoms with van der Waals surface area (Å²) in [7, 11) is 0. The fourth-order valence-corrected chi connectivity index (χ4v) is 6.49. The van der Waals surface area contributed by atoms with Crippen LogP contribution in [0.25, 0.3) is 17.2 Å². The third-order valence-electron chi connectivity index (χ3n) is 7.82. The van der Waals surface area contributed by atoms with Gasteiger partial charge in [-0.2, -0.15) is 26.3 Å². The minimum atomic E-state index is -5.07. The molecule has 0 unspecified atom stereocenters. The van der Waals surface area contributed by atoms with E-state index in [0.29, 0.717) is 50.7 Å². The van der Waals surface area contributed by atoms with Gasteiger partial charge in [0.1, 0.15) is 16.7 Å². The standard InChI is InChI=1S/C34H29F6N3O6S2/c35-33(36,37)23-17-22(18-24(19-23)34(38,39)40)26-15-20(1-6-27(26)49-14-11-42-9-12-48-13-10-42)16-28-30(45)43(32(50)51-28)8-7-29(44)41-25-4-2-21(3-5-25)31(46)47/h1-6,15-19H,7-14H2,(H,41,44)(H,46,47). The molecule has 2 fully saturated rings. The Balaban J connectivity index is 1.38. The number of halogens is 6. The Hall–Kier alpha value is -4.45. The van der Waals surface area contributed by atoms with E-state index < -0.39 is 41.3 Å². The molecule has 2 aliphatic rings. The second-order valence-corrected chi connectivity index (χ2v) is 13.0. The van der Waals surface area contributed by atoms with Crippen LogP contribution in [0.4, 0.5) is 32.0 Å². The maximum absolute atomic E-state index is 13.8. The van der Waals surface area contributed by atoms with Crippen LogP contribution in [0.15, 0.2) is 65.6 Å². The molecule has 0 atom stereocenters. The van der Waals surface area contributed by atoms with Crippen molar-refractivity contribution in [1.29, 1.82) is 0 Å². The highest BCUT2D eigenvalue weighted by Gasteiger charge is 2.37. The first-order valence-electron chi connectivity index (χ1n) is 15.3. The summed E-state index contributed by atoms with van der Waals surface area (Å²) in [4.78, 5) is 40.2. The summed E-state index contributed by atoms with van der Waals surface area (Å²) in [6.45, 7) is 2.77. The summed E-state index contributed by atoms with van der Waals surface area (Å²) in [5.41, 5.74) is -2.74. The molecule has 0 spiro atoms. The molecule has 9 nitrogen and oxygen atoms in total. The average molecular weight is 754 g/mol. The molecule has 51 heavy (non-hydrogen) atoms. The zero-order valence-electron chi connectivity index (χ0n) is 26.5. The van der Waals surface area contributed by atoms with Gasteiger partial charge in [0.15, 0.2) is 0 Å². The highest BCUT2D eigenvalue weighted by molar-refractivity contribution is 8.26. The predicted molar refractivity (Wildman–Crippen MR) is 181 cm³/mol. The lowest BCUT2D eigenvalue weighted by molar-refractivity contribution is -0.143. The summed E-state index contributed by atoms with van der Waals surface area (Å²) in [6, 6.07) is 11.0. The van der Waals surface area contributed by atoms with E-state index in [0.717, 1.165) is 11.8 Å². The van der Waals surface area contributed by atoms with Crippen LogP contribution >= 0.6 is 24.0 Å². The first-order chi connectivity index (χ1) is 24.1. The number of carbonyl (C=O) groups excluding carboxylic acids is 2. The zero-order chi connectivity index (χ0) is 36.9. The van der Waals surface area contributed by atoms with Crippen LogP contribution in [0.5, 0.6) is 5.75 Å². The van der Waals surface area contributed by atoms with Crippen LogP contribution in [0.1, 0.15) is 33.5 Å². The van der Waals surface area contributed by atoms with Crippen LogP contribution in [0.3, 0.4) is 0 Å². The number of nitrogens with one attached hydrogen (secondary N) is 1. The summed E-state index contributed by atoms with van der Waals surface area (Å²) in [6.07, 6.45) is -8.89. The van der Waals surface area contributed by atoms with E-state index in [1.54, 1.807) is 0 Å². The molecule has 17 heteroatoms. The summed E-state index contributed by atoms with van der Waals surface area (Å²) in [5.74, 6) is -2.09. The van der Waals surface area contributed by atoms with Crippen LogP contribution in [-0.2, 0) is 26.7 Å². The van der Waals surface area contributed by atoms with E-state index in [9.17, 15) is 40.7 Å². The number of ether oxygens (including phenoxy) is 2. The van der Waals surface area contributed by atoms with Gasteiger partial charge in [0.25, 0.3) is 5.91 Å². The molecule has 270 valence electrons. The number of nitrogens with zero attached hydrogens (tertiary/aromatic N) is 2. The number of hydrogen-bond donors (Lipinski definition) is 2. The Morgan fingerprint density at radius 3 is 2.20 bits per heavy atom. The van der Waals surface area contributed by atoms with Crippen molar-refractivity contribution in [3.05, 3.63) is 87.8 Å². The molecule has 0 saturated carbocycles. The second kappa shape index (κ2) is 15.8. The fraction of sp³-hybridized carbons (Fsp3) is 0.294. The monoisotopic (exact) mass is 753 g/mol. The summed E-state index contributed by atoms with van der Waals surface area (Å²) >= 11 is 6.27. The lowest BCUT2D eigenvalue weighted by atomic mass is 9.96. The number of benzene rings is 3. The van der Waals surface area contributed by atoms with E-state index in [1.165, 1.54) is 53.4 Å². The Morgan fingerprint density at radius 1 is 0.941 bits per heavy atom. The number of carboxylic acid groups (broad SMARTS) is 1. The molecule has 0 radical (unpaired) electrons. The summed E-state index contributed by atoms with van der Waals surface area (Å²) in [5, 5.41) is 11.6. The summed E-state index contributed by atoms with van der Waals surface area (Å²) < 4.78 is 94.0. The Morgan fingerprint density at radius 2 is 1.59 bits per heavy atom. The number of morpholine rings is 1. The van der Waals surface area contributed by atoms with E-state index in [4.69, 9.17) is 26.8 Å². The number of carbonyl (C=O) groups is 3. The molecule has 3 aromatic rings. The number of anilines is 1. The van der Waals surface area contributed by atoms with Gasteiger partial charge >= 0.3 is 18.3 Å². The molecule has 0 aliphatic carbocycles. The van der Waals surface area contributed by atoms with Gasteiger partial charge in [0.05, 0.1) is 34.8 Å². The molecule has 0 bridgehead atoms. The molecular weight excluding hydrogens is 725 g/mol. The average Bonchev–Trinajstić information content (AvgIpc) is 3.34. The lowest BCUT2D eigenvalue weighted by Gasteiger charge is -2.26. The number of rotatable bonds is 11. The van der Waals surface area contributed by atoms with Crippen molar-refractivity contribution in [1.82, 2.24) is 9.80 Å². The number of carboxylic acids is 1. The SMILES string of the molecule is O=C(CCN1C(=O)C(=Cc2ccc(OCCN3CCOCC3)c(-c3cc(C(F)(F)F)cc(C(F)(F)F)c3)c2)SC1=S)Nc1ccc(C(=O)O)cc1. The molecule has 2 N–H and O–H groups in total. The van der Waals surface area contributed by atoms with E-state index in [1.807, 2.05) is 4.90 Å². The molecule has 2 aliphatic heterocycles. The van der Waals surface area contributed by atoms with Gasteiger partial charge in [-0.05, 0) is 71.8 Å². The topological polar surface area (TPSA) is 108 Å². The Bertz CT molecular complexity index is 1810. The highest BCUT2D eigenvalue weighted by atomic mass is 32.2. The third-order valence-corrected chi connectivity index (χ3v) is 9.20. The zero-order valence-corrected chi connectivity index (χ0v) is 28.1. The number of thioether (sulfide) groups is 1. The molecule has 2 heterocycles. The molecule has 2 amide bonds. The van der Waals surface area contributed by atoms with Crippen LogP contribution in [-0.4, -0.2) is 83.0 Å². The van der Waals surface area contributed by atoms with E-state index in [-0.39, 0.29) is 62.9 Å². The van der Waals surface area contributed by atoms with Crippen molar-refractivity contribution in [2.75, 3.05) is 51.3 Å². The second-order valence-electron chi connectivity index (χ2n) is 11.4. The van der Waals surface area contributed by atoms with Gasteiger partial charge in [0, 0.05) is 43.9 Å². The quantitative estimate of drug-likeness (QED) is 0.121. The highest BCUT2D eigenvalue weighted by Crippen LogP contribution is 2.42. The largest absolute Gasteiger partial charge is 0.492 e. The van der Waals surface area contributed by atoms with E-state index in [2.05, 4.69) is 5.32 Å². The fourth-order valence-electron chi connectivity index (χ4n) is 5.19. The minimum Gasteiger partial charge on any atom is -0.492 e. The molecule has 3 aromatic carbocycles. The van der Waals surface area contributed by atoms with Gasteiger partial charge < -0.3 is 19.9 Å². The van der Waals surface area contributed by atoms with Crippen molar-refractivity contribution in [3.8, 4) is 16.9 Å². The third kappa shape index (κ3) is 9.87. The van der Waals surface area contributed by atoms with Gasteiger partial charge in [-0.3, -0.25) is 19.4 Å². The first-order valence-corrected chi connectivity index (χ1v) is 16.6. The van der Waals surface area contributed by atoms with Crippen molar-refractivity contribution < 1.29 is 55.3 Å². The van der Waals surface area contributed by atoms with Gasteiger partial charge in [0.2, 0.25) is 5.91 Å². The van der Waals surface area contributed by atoms with Gasteiger partial charge in [-0.25, -0.2) is 4.79 Å². The van der Waals surface area contributed by atoms with Crippen molar-refractivity contribution >= 4 is 57.8 Å². The number of thiocarbonyl (C=S) groups is 1. The van der Waals surface area contributed by atoms with Gasteiger partial charge in [-0.15, -0.1) is 0 Å². The molecule has 2 saturated heterocycles. The van der Waals surface area contributed by atoms with Crippen LogP contribution in [0.2, 0.25) is 0 Å². The van der Waals surface area contributed by atoms with Crippen molar-refractivity contribution in [3.63, 3.8) is 0 Å². The number of amides is 2. The maximum atomic E-state index is 13.8.